The van der Waals surface area contributed by atoms with Gasteiger partial charge in [0.1, 0.15) is 0 Å². The Hall–Kier alpha value is -2.66. The third kappa shape index (κ3) is 6.35. The van der Waals surface area contributed by atoms with Crippen molar-refractivity contribution in [3.05, 3.63) is 66.4 Å². The predicted molar refractivity (Wildman–Crippen MR) is 81.4 cm³/mol. The summed E-state index contributed by atoms with van der Waals surface area (Å²) in [6, 6.07) is 6.79. The highest BCUT2D eigenvalue weighted by molar-refractivity contribution is 5.96. The SMILES string of the molecule is C=CCC/C=C/NC(=O)c1cccc(/C=C/C(=O)NO)c1. The number of hydrogen-bond donors (Lipinski definition) is 3. The van der Waals surface area contributed by atoms with E-state index < -0.39 is 5.91 Å². The maximum Gasteiger partial charge on any atom is 0.267 e. The van der Waals surface area contributed by atoms with Crippen LogP contribution in [0.5, 0.6) is 0 Å². The van der Waals surface area contributed by atoms with Gasteiger partial charge in [-0.05, 0) is 36.6 Å². The third-order valence-corrected chi connectivity index (χ3v) is 2.56. The zero-order chi connectivity index (χ0) is 15.5. The second-order valence-electron chi connectivity index (χ2n) is 4.18. The molecule has 1 aromatic rings. The van der Waals surface area contributed by atoms with Gasteiger partial charge in [-0.2, -0.15) is 0 Å². The third-order valence-electron chi connectivity index (χ3n) is 2.56. The Morgan fingerprint density at radius 3 is 2.81 bits per heavy atom. The number of hydroxylamine groups is 1. The Morgan fingerprint density at radius 2 is 2.10 bits per heavy atom. The van der Waals surface area contributed by atoms with E-state index in [1.807, 2.05) is 12.2 Å². The molecule has 0 heterocycles. The molecule has 0 radical (unpaired) electrons. The van der Waals surface area contributed by atoms with Crippen molar-refractivity contribution in [2.24, 2.45) is 0 Å². The smallest absolute Gasteiger partial charge is 0.267 e. The minimum absolute atomic E-state index is 0.230. The normalized spacial score (nSPS) is 10.7. The van der Waals surface area contributed by atoms with Crippen molar-refractivity contribution in [2.75, 3.05) is 0 Å². The molecule has 0 saturated heterocycles. The average Bonchev–Trinajstić information content (AvgIpc) is 2.52. The van der Waals surface area contributed by atoms with Gasteiger partial charge in [-0.15, -0.1) is 6.58 Å². The highest BCUT2D eigenvalue weighted by atomic mass is 16.5. The quantitative estimate of drug-likeness (QED) is 0.237. The maximum absolute atomic E-state index is 11.9. The molecule has 0 spiro atoms. The summed E-state index contributed by atoms with van der Waals surface area (Å²) < 4.78 is 0. The van der Waals surface area contributed by atoms with Crippen LogP contribution in [0.2, 0.25) is 0 Å². The van der Waals surface area contributed by atoms with E-state index >= 15 is 0 Å². The van der Waals surface area contributed by atoms with E-state index in [0.29, 0.717) is 11.1 Å². The van der Waals surface area contributed by atoms with Crippen LogP contribution >= 0.6 is 0 Å². The summed E-state index contributed by atoms with van der Waals surface area (Å²) in [7, 11) is 0. The Labute approximate surface area is 123 Å². The second kappa shape index (κ2) is 9.28. The number of allylic oxidation sites excluding steroid dienone is 2. The molecule has 0 aromatic heterocycles. The zero-order valence-electron chi connectivity index (χ0n) is 11.6. The molecular weight excluding hydrogens is 268 g/mol. The fourth-order valence-electron chi connectivity index (χ4n) is 1.51. The van der Waals surface area contributed by atoms with Crippen molar-refractivity contribution in [1.29, 1.82) is 0 Å². The van der Waals surface area contributed by atoms with Crippen LogP contribution in [0.25, 0.3) is 6.08 Å². The van der Waals surface area contributed by atoms with Crippen LogP contribution in [-0.2, 0) is 4.79 Å². The molecule has 3 N–H and O–H groups in total. The van der Waals surface area contributed by atoms with E-state index in [1.165, 1.54) is 17.6 Å². The standard InChI is InChI=1S/C16H18N2O3/c1-2-3-4-5-11-17-16(20)14-8-6-7-13(12-14)9-10-15(19)18-21/h2,5-12,21H,1,3-4H2,(H,17,20)(H,18,19)/b10-9+,11-5+. The van der Waals surface area contributed by atoms with E-state index in [9.17, 15) is 9.59 Å². The molecule has 0 aliphatic carbocycles. The predicted octanol–water partition coefficient (Wildman–Crippen LogP) is 2.41. The number of amides is 2. The largest absolute Gasteiger partial charge is 0.329 e. The summed E-state index contributed by atoms with van der Waals surface area (Å²) in [4.78, 5) is 22.8. The Balaban J connectivity index is 2.64. The molecule has 21 heavy (non-hydrogen) atoms. The number of hydrogen-bond acceptors (Lipinski definition) is 3. The molecule has 5 heteroatoms. The lowest BCUT2D eigenvalue weighted by atomic mass is 10.1. The molecule has 0 unspecified atom stereocenters. The summed E-state index contributed by atoms with van der Waals surface area (Å²) in [5, 5.41) is 11.0. The van der Waals surface area contributed by atoms with Crippen LogP contribution in [0.1, 0.15) is 28.8 Å². The zero-order valence-corrected chi connectivity index (χ0v) is 11.6. The highest BCUT2D eigenvalue weighted by Gasteiger charge is 2.03. The maximum atomic E-state index is 11.9. The first kappa shape index (κ1) is 16.4. The van der Waals surface area contributed by atoms with Gasteiger partial charge in [-0.25, -0.2) is 5.48 Å². The molecule has 110 valence electrons. The highest BCUT2D eigenvalue weighted by Crippen LogP contribution is 2.07. The molecule has 0 aliphatic heterocycles. The Morgan fingerprint density at radius 1 is 1.29 bits per heavy atom. The van der Waals surface area contributed by atoms with Gasteiger partial charge in [-0.3, -0.25) is 14.8 Å². The van der Waals surface area contributed by atoms with Gasteiger partial charge >= 0.3 is 0 Å². The summed E-state index contributed by atoms with van der Waals surface area (Å²) in [6.07, 6.45) is 9.63. The number of nitrogens with one attached hydrogen (secondary N) is 2. The van der Waals surface area contributed by atoms with Crippen molar-refractivity contribution in [3.8, 4) is 0 Å². The number of unbranched alkanes of at least 4 members (excludes halogenated alkanes) is 1. The average molecular weight is 286 g/mol. The van der Waals surface area contributed by atoms with Crippen LogP contribution < -0.4 is 10.8 Å². The molecule has 0 aliphatic rings. The van der Waals surface area contributed by atoms with Crippen molar-refractivity contribution in [1.82, 2.24) is 10.8 Å². The van der Waals surface area contributed by atoms with E-state index in [-0.39, 0.29) is 5.91 Å². The minimum atomic E-state index is -0.630. The summed E-state index contributed by atoms with van der Waals surface area (Å²) in [6.45, 7) is 3.61. The van der Waals surface area contributed by atoms with Crippen LogP contribution in [-0.4, -0.2) is 17.0 Å². The van der Waals surface area contributed by atoms with Crippen LogP contribution in [0.3, 0.4) is 0 Å². The molecule has 1 rings (SSSR count). The Kier molecular flexibility index (Phi) is 7.24. The number of benzene rings is 1. The van der Waals surface area contributed by atoms with Crippen LogP contribution in [0, 0.1) is 0 Å². The van der Waals surface area contributed by atoms with E-state index in [1.54, 1.807) is 30.5 Å². The van der Waals surface area contributed by atoms with Crippen LogP contribution in [0.15, 0.2) is 55.3 Å². The lowest BCUT2D eigenvalue weighted by molar-refractivity contribution is -0.124. The lowest BCUT2D eigenvalue weighted by Crippen LogP contribution is -2.17. The van der Waals surface area contributed by atoms with Gasteiger partial charge in [0, 0.05) is 17.8 Å². The van der Waals surface area contributed by atoms with Gasteiger partial charge in [0.2, 0.25) is 0 Å². The van der Waals surface area contributed by atoms with Crippen molar-refractivity contribution in [3.63, 3.8) is 0 Å². The summed E-state index contributed by atoms with van der Waals surface area (Å²) in [5.41, 5.74) is 2.66. The molecule has 2 amide bonds. The molecule has 0 fully saturated rings. The fourth-order valence-corrected chi connectivity index (χ4v) is 1.51. The molecule has 1 aromatic carbocycles. The molecule has 0 saturated carbocycles. The first-order chi connectivity index (χ1) is 10.2. The first-order valence-electron chi connectivity index (χ1n) is 6.46. The van der Waals surface area contributed by atoms with Gasteiger partial charge in [0.05, 0.1) is 0 Å². The van der Waals surface area contributed by atoms with E-state index in [0.717, 1.165) is 12.8 Å². The van der Waals surface area contributed by atoms with E-state index in [4.69, 9.17) is 5.21 Å². The second-order valence-corrected chi connectivity index (χ2v) is 4.18. The minimum Gasteiger partial charge on any atom is -0.329 e. The number of rotatable bonds is 7. The van der Waals surface area contributed by atoms with Gasteiger partial charge in [0.15, 0.2) is 0 Å². The van der Waals surface area contributed by atoms with Gasteiger partial charge < -0.3 is 5.32 Å². The molecular formula is C16H18N2O3. The topological polar surface area (TPSA) is 78.4 Å². The van der Waals surface area contributed by atoms with Crippen molar-refractivity contribution < 1.29 is 14.8 Å². The lowest BCUT2D eigenvalue weighted by Gasteiger charge is -2.01. The number of carbonyl (C=O) groups is 2. The molecule has 0 atom stereocenters. The summed E-state index contributed by atoms with van der Waals surface area (Å²) >= 11 is 0. The van der Waals surface area contributed by atoms with Crippen molar-refractivity contribution >= 4 is 17.9 Å². The fraction of sp³-hybridized carbons (Fsp3) is 0.125. The van der Waals surface area contributed by atoms with Gasteiger partial charge in [0.25, 0.3) is 11.8 Å². The summed E-state index contributed by atoms with van der Waals surface area (Å²) in [5.74, 6) is -0.860. The van der Waals surface area contributed by atoms with E-state index in [2.05, 4.69) is 11.9 Å². The van der Waals surface area contributed by atoms with Crippen LogP contribution in [0.4, 0.5) is 0 Å². The monoisotopic (exact) mass is 286 g/mol. The number of carbonyl (C=O) groups excluding carboxylic acids is 2. The molecule has 5 nitrogen and oxygen atoms in total. The Bertz CT molecular complexity index is 562. The van der Waals surface area contributed by atoms with Gasteiger partial charge in [-0.1, -0.05) is 24.3 Å². The molecule has 0 bridgehead atoms. The first-order valence-corrected chi connectivity index (χ1v) is 6.46. The van der Waals surface area contributed by atoms with Crippen molar-refractivity contribution in [2.45, 2.75) is 12.8 Å².